The SMILES string of the molecule is Cn1cnc2c1c(=O)n(CCCSc1ncnc3ccsc13)c(=O)n2C. The Hall–Kier alpha value is -2.46. The number of thiophene rings is 1. The van der Waals surface area contributed by atoms with E-state index in [2.05, 4.69) is 15.0 Å². The monoisotopic (exact) mass is 388 g/mol. The lowest BCUT2D eigenvalue weighted by atomic mass is 10.4. The molecule has 4 aromatic rings. The zero-order valence-electron chi connectivity index (χ0n) is 14.2. The van der Waals surface area contributed by atoms with Crippen LogP contribution in [0.3, 0.4) is 0 Å². The molecule has 4 heterocycles. The molecule has 4 aromatic heterocycles. The number of imidazole rings is 1. The third-order valence-corrected chi connectivity index (χ3v) is 6.29. The van der Waals surface area contributed by atoms with Crippen LogP contribution in [0.2, 0.25) is 0 Å². The third-order valence-electron chi connectivity index (χ3n) is 4.18. The van der Waals surface area contributed by atoms with Crippen LogP contribution in [0.25, 0.3) is 21.4 Å². The second kappa shape index (κ2) is 6.69. The van der Waals surface area contributed by atoms with Crippen molar-refractivity contribution >= 4 is 44.5 Å². The fraction of sp³-hybridized carbons (Fsp3) is 0.312. The van der Waals surface area contributed by atoms with Crippen LogP contribution < -0.4 is 11.2 Å². The molecule has 134 valence electrons. The molecule has 0 aliphatic rings. The molecule has 0 radical (unpaired) electrons. The second-order valence-electron chi connectivity index (χ2n) is 5.84. The van der Waals surface area contributed by atoms with E-state index >= 15 is 0 Å². The van der Waals surface area contributed by atoms with Crippen molar-refractivity contribution in [3.8, 4) is 0 Å². The van der Waals surface area contributed by atoms with Gasteiger partial charge in [0, 0.05) is 26.4 Å². The summed E-state index contributed by atoms with van der Waals surface area (Å²) >= 11 is 3.23. The maximum absolute atomic E-state index is 12.7. The molecule has 0 fully saturated rings. The zero-order valence-corrected chi connectivity index (χ0v) is 15.9. The van der Waals surface area contributed by atoms with E-state index in [1.807, 2.05) is 11.4 Å². The van der Waals surface area contributed by atoms with Crippen LogP contribution in [0.4, 0.5) is 0 Å². The molecule has 0 atom stereocenters. The van der Waals surface area contributed by atoms with Gasteiger partial charge in [0.1, 0.15) is 11.4 Å². The highest BCUT2D eigenvalue weighted by atomic mass is 32.2. The number of fused-ring (bicyclic) bond motifs is 2. The summed E-state index contributed by atoms with van der Waals surface area (Å²) in [7, 11) is 3.39. The first-order valence-electron chi connectivity index (χ1n) is 8.00. The molecule has 0 unspecified atom stereocenters. The number of hydrogen-bond donors (Lipinski definition) is 0. The summed E-state index contributed by atoms with van der Waals surface area (Å²) in [4.78, 5) is 37.8. The molecule has 4 rings (SSSR count). The van der Waals surface area contributed by atoms with Gasteiger partial charge in [0.15, 0.2) is 11.2 Å². The largest absolute Gasteiger partial charge is 0.332 e. The van der Waals surface area contributed by atoms with E-state index in [9.17, 15) is 9.59 Å². The van der Waals surface area contributed by atoms with Crippen molar-refractivity contribution in [2.24, 2.45) is 14.1 Å². The maximum Gasteiger partial charge on any atom is 0.332 e. The maximum atomic E-state index is 12.7. The first-order valence-corrected chi connectivity index (χ1v) is 9.86. The predicted molar refractivity (Wildman–Crippen MR) is 103 cm³/mol. The minimum absolute atomic E-state index is 0.296. The van der Waals surface area contributed by atoms with E-state index in [4.69, 9.17) is 0 Å². The van der Waals surface area contributed by atoms with Gasteiger partial charge in [-0.1, -0.05) is 0 Å². The van der Waals surface area contributed by atoms with Gasteiger partial charge in [-0.25, -0.2) is 19.7 Å². The van der Waals surface area contributed by atoms with E-state index in [0.29, 0.717) is 24.1 Å². The Morgan fingerprint density at radius 1 is 1.19 bits per heavy atom. The summed E-state index contributed by atoms with van der Waals surface area (Å²) in [5, 5.41) is 2.93. The normalized spacial score (nSPS) is 11.6. The lowest BCUT2D eigenvalue weighted by Gasteiger charge is -2.08. The van der Waals surface area contributed by atoms with Crippen molar-refractivity contribution in [3.63, 3.8) is 0 Å². The molecule has 8 nitrogen and oxygen atoms in total. The highest BCUT2D eigenvalue weighted by Gasteiger charge is 2.14. The van der Waals surface area contributed by atoms with E-state index in [1.54, 1.807) is 54.4 Å². The summed E-state index contributed by atoms with van der Waals surface area (Å²) in [5.74, 6) is 0.753. The fourth-order valence-electron chi connectivity index (χ4n) is 2.85. The highest BCUT2D eigenvalue weighted by Crippen LogP contribution is 2.28. The van der Waals surface area contributed by atoms with Crippen LogP contribution in [0.5, 0.6) is 0 Å². The first-order chi connectivity index (χ1) is 12.6. The van der Waals surface area contributed by atoms with Gasteiger partial charge in [-0.05, 0) is 17.9 Å². The number of thioether (sulfide) groups is 1. The van der Waals surface area contributed by atoms with Crippen LogP contribution in [0.15, 0.2) is 38.7 Å². The van der Waals surface area contributed by atoms with Crippen LogP contribution in [0.1, 0.15) is 6.42 Å². The van der Waals surface area contributed by atoms with Gasteiger partial charge in [-0.2, -0.15) is 0 Å². The molecule has 0 aromatic carbocycles. The lowest BCUT2D eigenvalue weighted by molar-refractivity contribution is 0.594. The van der Waals surface area contributed by atoms with Gasteiger partial charge >= 0.3 is 5.69 Å². The van der Waals surface area contributed by atoms with Gasteiger partial charge in [0.25, 0.3) is 5.56 Å². The Morgan fingerprint density at radius 2 is 2.04 bits per heavy atom. The van der Waals surface area contributed by atoms with Crippen molar-refractivity contribution in [3.05, 3.63) is 44.9 Å². The molecule has 10 heteroatoms. The zero-order chi connectivity index (χ0) is 18.3. The Labute approximate surface area is 156 Å². The molecular formula is C16H16N6O2S2. The summed E-state index contributed by atoms with van der Waals surface area (Å²) in [6.45, 7) is 0.359. The fourth-order valence-corrected chi connectivity index (χ4v) is 4.73. The van der Waals surface area contributed by atoms with Crippen LogP contribution in [0, 0.1) is 0 Å². The lowest BCUT2D eigenvalue weighted by Crippen LogP contribution is -2.39. The van der Waals surface area contributed by atoms with Crippen LogP contribution in [-0.2, 0) is 20.6 Å². The predicted octanol–water partition coefficient (Wildman–Crippen LogP) is 1.62. The second-order valence-corrected chi connectivity index (χ2v) is 7.84. The smallest absolute Gasteiger partial charge is 0.328 e. The molecule has 0 saturated heterocycles. The molecule has 0 bridgehead atoms. The molecular weight excluding hydrogens is 372 g/mol. The summed E-state index contributed by atoms with van der Waals surface area (Å²) in [6.07, 6.45) is 3.79. The van der Waals surface area contributed by atoms with E-state index in [1.165, 1.54) is 9.13 Å². The van der Waals surface area contributed by atoms with Crippen molar-refractivity contribution in [1.29, 1.82) is 0 Å². The Kier molecular flexibility index (Phi) is 4.37. The average molecular weight is 388 g/mol. The van der Waals surface area contributed by atoms with Crippen molar-refractivity contribution in [2.75, 3.05) is 5.75 Å². The minimum atomic E-state index is -0.339. The van der Waals surface area contributed by atoms with Gasteiger partial charge in [-0.15, -0.1) is 23.1 Å². The van der Waals surface area contributed by atoms with Crippen molar-refractivity contribution < 1.29 is 0 Å². The van der Waals surface area contributed by atoms with Gasteiger partial charge in [0.05, 0.1) is 16.5 Å². The average Bonchev–Trinajstić information content (AvgIpc) is 3.26. The number of hydrogen-bond acceptors (Lipinski definition) is 7. The molecule has 0 spiro atoms. The standard InChI is InChI=1S/C16H16N6O2S2/c1-20-9-19-13-11(20)15(23)22(16(24)21(13)2)5-3-6-26-14-12-10(4-7-25-12)17-8-18-14/h4,7-9H,3,5-6H2,1-2H3. The van der Waals surface area contributed by atoms with Gasteiger partial charge in [0.2, 0.25) is 0 Å². The molecule has 0 aliphatic carbocycles. The molecule has 26 heavy (non-hydrogen) atoms. The molecule has 0 saturated carbocycles. The Morgan fingerprint density at radius 3 is 2.88 bits per heavy atom. The number of rotatable bonds is 5. The minimum Gasteiger partial charge on any atom is -0.328 e. The topological polar surface area (TPSA) is 87.6 Å². The molecule has 0 N–H and O–H groups in total. The Balaban J connectivity index is 1.53. The van der Waals surface area contributed by atoms with Crippen LogP contribution >= 0.6 is 23.1 Å². The van der Waals surface area contributed by atoms with E-state index in [0.717, 1.165) is 21.0 Å². The number of nitrogens with zero attached hydrogens (tertiary/aromatic N) is 6. The summed E-state index contributed by atoms with van der Waals surface area (Å²) < 4.78 is 5.42. The van der Waals surface area contributed by atoms with Gasteiger partial charge in [-0.3, -0.25) is 13.9 Å². The summed E-state index contributed by atoms with van der Waals surface area (Å²) in [5.41, 5.74) is 1.16. The first kappa shape index (κ1) is 17.0. The quantitative estimate of drug-likeness (QED) is 0.293. The Bertz CT molecular complexity index is 1220. The van der Waals surface area contributed by atoms with Crippen molar-refractivity contribution in [2.45, 2.75) is 18.0 Å². The summed E-state index contributed by atoms with van der Waals surface area (Å²) in [6, 6.07) is 1.97. The van der Waals surface area contributed by atoms with Gasteiger partial charge < -0.3 is 4.57 Å². The number of aromatic nitrogens is 6. The molecule has 0 amide bonds. The van der Waals surface area contributed by atoms with E-state index in [-0.39, 0.29) is 11.2 Å². The van der Waals surface area contributed by atoms with Crippen molar-refractivity contribution in [1.82, 2.24) is 28.7 Å². The highest BCUT2D eigenvalue weighted by molar-refractivity contribution is 7.99. The molecule has 0 aliphatic heterocycles. The van der Waals surface area contributed by atoms with Crippen LogP contribution in [-0.4, -0.2) is 34.4 Å². The van der Waals surface area contributed by atoms with E-state index < -0.39 is 0 Å². The number of aryl methyl sites for hydroxylation is 2. The third kappa shape index (κ3) is 2.74.